The van der Waals surface area contributed by atoms with Gasteiger partial charge in [0.15, 0.2) is 0 Å². The number of carboxylic acid groups (broad SMARTS) is 1. The van der Waals surface area contributed by atoms with Gasteiger partial charge in [0, 0.05) is 40.5 Å². The fraction of sp³-hybridized carbons (Fsp3) is 0.433. The molecule has 0 bridgehead atoms. The number of rotatable bonds is 7. The standard InChI is InChI=1S/C30H33ClN2O4S/c1-19-15-22(29(34)33-13-3-2-4-14-33)9-10-23(19)17-37-27-12-11-24(31)16-25(27)26-18-38-28(32-26)20-5-7-21(8-6-20)30(35)36/h9-12,15-16,18,20-21H,2-8,13-14,17H2,1H3,(H,35,36). The van der Waals surface area contributed by atoms with Crippen LogP contribution in [0.1, 0.15) is 77.4 Å². The molecule has 1 aliphatic carbocycles. The first-order chi connectivity index (χ1) is 18.4. The predicted molar refractivity (Wildman–Crippen MR) is 150 cm³/mol. The Kier molecular flexibility index (Phi) is 8.34. The SMILES string of the molecule is Cc1cc(C(=O)N2CCCCC2)ccc1COc1ccc(Cl)cc1-c1csc(C2CCC(C(=O)O)CC2)n1. The molecule has 0 unspecified atom stereocenters. The zero-order valence-electron chi connectivity index (χ0n) is 21.6. The number of hydrogen-bond acceptors (Lipinski definition) is 5. The molecule has 1 saturated heterocycles. The lowest BCUT2D eigenvalue weighted by atomic mass is 9.82. The molecule has 1 aromatic heterocycles. The number of carbonyl (C=O) groups excluding carboxylic acids is 1. The molecule has 1 amide bonds. The molecule has 1 aliphatic heterocycles. The summed E-state index contributed by atoms with van der Waals surface area (Å²) in [5.74, 6) is 0.174. The summed E-state index contributed by atoms with van der Waals surface area (Å²) in [7, 11) is 0. The summed E-state index contributed by atoms with van der Waals surface area (Å²) in [5.41, 5.74) is 4.44. The Balaban J connectivity index is 1.28. The molecule has 6 nitrogen and oxygen atoms in total. The van der Waals surface area contributed by atoms with Crippen molar-refractivity contribution in [3.8, 4) is 17.0 Å². The number of carbonyl (C=O) groups is 2. The fourth-order valence-electron chi connectivity index (χ4n) is 5.44. The Morgan fingerprint density at radius 2 is 1.84 bits per heavy atom. The van der Waals surface area contributed by atoms with Crippen molar-refractivity contribution in [2.45, 2.75) is 64.4 Å². The van der Waals surface area contributed by atoms with Crippen molar-refractivity contribution in [2.75, 3.05) is 13.1 Å². The molecule has 1 N–H and O–H groups in total. The number of carboxylic acids is 1. The first-order valence-corrected chi connectivity index (χ1v) is 14.6. The van der Waals surface area contributed by atoms with Crippen LogP contribution >= 0.6 is 22.9 Å². The van der Waals surface area contributed by atoms with Crippen molar-refractivity contribution in [2.24, 2.45) is 5.92 Å². The van der Waals surface area contributed by atoms with Crippen LogP contribution in [-0.4, -0.2) is 40.0 Å². The van der Waals surface area contributed by atoms with Crippen LogP contribution in [0.4, 0.5) is 0 Å². The average Bonchev–Trinajstić information content (AvgIpc) is 3.43. The molecular formula is C30H33ClN2O4S. The number of aromatic nitrogens is 1. The number of aliphatic carboxylic acids is 1. The number of piperidine rings is 1. The van der Waals surface area contributed by atoms with Gasteiger partial charge < -0.3 is 14.7 Å². The third kappa shape index (κ3) is 6.05. The highest BCUT2D eigenvalue weighted by molar-refractivity contribution is 7.10. The van der Waals surface area contributed by atoms with Crippen LogP contribution in [0.15, 0.2) is 41.8 Å². The van der Waals surface area contributed by atoms with Gasteiger partial charge in [-0.1, -0.05) is 17.7 Å². The van der Waals surface area contributed by atoms with Crippen LogP contribution in [0.5, 0.6) is 5.75 Å². The van der Waals surface area contributed by atoms with Crippen molar-refractivity contribution in [3.05, 3.63) is 68.5 Å². The van der Waals surface area contributed by atoms with Gasteiger partial charge in [-0.15, -0.1) is 11.3 Å². The molecule has 0 spiro atoms. The lowest BCUT2D eigenvalue weighted by Crippen LogP contribution is -2.35. The predicted octanol–water partition coefficient (Wildman–Crippen LogP) is 7.34. The quantitative estimate of drug-likeness (QED) is 0.332. The molecule has 0 radical (unpaired) electrons. The van der Waals surface area contributed by atoms with E-state index in [1.807, 2.05) is 53.6 Å². The minimum atomic E-state index is -0.692. The highest BCUT2D eigenvalue weighted by atomic mass is 35.5. The minimum Gasteiger partial charge on any atom is -0.488 e. The maximum Gasteiger partial charge on any atom is 0.306 e. The number of benzene rings is 2. The zero-order valence-corrected chi connectivity index (χ0v) is 23.2. The molecule has 200 valence electrons. The summed E-state index contributed by atoms with van der Waals surface area (Å²) in [6.45, 7) is 4.06. The number of thiazole rings is 1. The third-order valence-corrected chi connectivity index (χ3v) is 9.02. The van der Waals surface area contributed by atoms with Gasteiger partial charge in [-0.25, -0.2) is 4.98 Å². The molecule has 3 aromatic rings. The molecule has 2 aromatic carbocycles. The van der Waals surface area contributed by atoms with E-state index in [1.165, 1.54) is 6.42 Å². The topological polar surface area (TPSA) is 79.7 Å². The Labute approximate surface area is 232 Å². The fourth-order valence-corrected chi connectivity index (χ4v) is 6.60. The maximum atomic E-state index is 12.9. The van der Waals surface area contributed by atoms with Gasteiger partial charge >= 0.3 is 5.97 Å². The third-order valence-electron chi connectivity index (χ3n) is 7.78. The van der Waals surface area contributed by atoms with Crippen LogP contribution in [0, 0.1) is 12.8 Å². The van der Waals surface area contributed by atoms with E-state index in [-0.39, 0.29) is 11.8 Å². The first kappa shape index (κ1) is 26.7. The van der Waals surface area contributed by atoms with Crippen molar-refractivity contribution in [1.29, 1.82) is 0 Å². The van der Waals surface area contributed by atoms with Crippen molar-refractivity contribution < 1.29 is 19.4 Å². The van der Waals surface area contributed by atoms with Crippen LogP contribution in [0.25, 0.3) is 11.3 Å². The van der Waals surface area contributed by atoms with Gasteiger partial charge in [0.1, 0.15) is 12.4 Å². The van der Waals surface area contributed by atoms with Crippen LogP contribution in [0.3, 0.4) is 0 Å². The highest BCUT2D eigenvalue weighted by Gasteiger charge is 2.28. The number of amides is 1. The molecule has 1 saturated carbocycles. The van der Waals surface area contributed by atoms with E-state index in [9.17, 15) is 14.7 Å². The van der Waals surface area contributed by atoms with Crippen LogP contribution < -0.4 is 4.74 Å². The Morgan fingerprint density at radius 1 is 1.08 bits per heavy atom. The molecule has 2 heterocycles. The Bertz CT molecular complexity index is 1310. The smallest absolute Gasteiger partial charge is 0.306 e. The second-order valence-electron chi connectivity index (χ2n) is 10.4. The van der Waals surface area contributed by atoms with Crippen LogP contribution in [-0.2, 0) is 11.4 Å². The largest absolute Gasteiger partial charge is 0.488 e. The number of halogens is 1. The van der Waals surface area contributed by atoms with E-state index < -0.39 is 5.97 Å². The molecular weight excluding hydrogens is 520 g/mol. The summed E-state index contributed by atoms with van der Waals surface area (Å²) in [5, 5.41) is 13.0. The monoisotopic (exact) mass is 552 g/mol. The molecule has 5 rings (SSSR count). The number of hydrogen-bond donors (Lipinski definition) is 1. The summed E-state index contributed by atoms with van der Waals surface area (Å²) >= 11 is 7.96. The van der Waals surface area contributed by atoms with Gasteiger partial charge in [0.2, 0.25) is 0 Å². The summed E-state index contributed by atoms with van der Waals surface area (Å²) in [6.07, 6.45) is 6.43. The second kappa shape index (κ2) is 11.9. The van der Waals surface area contributed by atoms with Crippen molar-refractivity contribution in [1.82, 2.24) is 9.88 Å². The molecule has 0 atom stereocenters. The normalized spacial score (nSPS) is 19.8. The van der Waals surface area contributed by atoms with Gasteiger partial charge in [0.05, 0.1) is 16.6 Å². The molecule has 8 heteroatoms. The second-order valence-corrected chi connectivity index (χ2v) is 11.7. The lowest BCUT2D eigenvalue weighted by Gasteiger charge is -2.27. The summed E-state index contributed by atoms with van der Waals surface area (Å²) in [4.78, 5) is 31.1. The highest BCUT2D eigenvalue weighted by Crippen LogP contribution is 2.40. The van der Waals surface area contributed by atoms with E-state index in [2.05, 4.69) is 0 Å². The van der Waals surface area contributed by atoms with E-state index in [4.69, 9.17) is 21.3 Å². The molecule has 2 aliphatic rings. The average molecular weight is 553 g/mol. The van der Waals surface area contributed by atoms with Gasteiger partial charge in [-0.3, -0.25) is 9.59 Å². The van der Waals surface area contributed by atoms with Gasteiger partial charge in [-0.05, 0) is 93.3 Å². The summed E-state index contributed by atoms with van der Waals surface area (Å²) < 4.78 is 6.27. The molecule has 38 heavy (non-hydrogen) atoms. The number of ether oxygens (including phenoxy) is 1. The summed E-state index contributed by atoms with van der Waals surface area (Å²) in [6, 6.07) is 11.4. The number of nitrogens with zero attached hydrogens (tertiary/aromatic N) is 2. The lowest BCUT2D eigenvalue weighted by molar-refractivity contribution is -0.142. The van der Waals surface area contributed by atoms with E-state index in [0.717, 1.165) is 71.7 Å². The van der Waals surface area contributed by atoms with Gasteiger partial charge in [-0.2, -0.15) is 0 Å². The Morgan fingerprint density at radius 3 is 2.55 bits per heavy atom. The molecule has 2 fully saturated rings. The van der Waals surface area contributed by atoms with Crippen LogP contribution in [0.2, 0.25) is 5.02 Å². The van der Waals surface area contributed by atoms with E-state index in [1.54, 1.807) is 11.3 Å². The maximum absolute atomic E-state index is 12.9. The number of aryl methyl sites for hydroxylation is 1. The number of likely N-dealkylation sites (tertiary alicyclic amines) is 1. The zero-order chi connectivity index (χ0) is 26.6. The minimum absolute atomic E-state index is 0.107. The van der Waals surface area contributed by atoms with E-state index in [0.29, 0.717) is 36.1 Å². The van der Waals surface area contributed by atoms with Gasteiger partial charge in [0.25, 0.3) is 5.91 Å². The van der Waals surface area contributed by atoms with Crippen molar-refractivity contribution >= 4 is 34.8 Å². The van der Waals surface area contributed by atoms with E-state index >= 15 is 0 Å². The van der Waals surface area contributed by atoms with Crippen molar-refractivity contribution in [3.63, 3.8) is 0 Å². The Hall–Kier alpha value is -2.90. The first-order valence-electron chi connectivity index (χ1n) is 13.4.